The zero-order chi connectivity index (χ0) is 31.2. The van der Waals surface area contributed by atoms with Gasteiger partial charge in [0.05, 0.1) is 17.8 Å². The van der Waals surface area contributed by atoms with Gasteiger partial charge in [-0.3, -0.25) is 14.4 Å². The molecule has 6 aliphatic rings. The third-order valence-electron chi connectivity index (χ3n) is 13.4. The van der Waals surface area contributed by atoms with Crippen molar-refractivity contribution in [3.05, 3.63) is 0 Å². The topological polar surface area (TPSA) is 125 Å². The van der Waals surface area contributed by atoms with Gasteiger partial charge in [0.15, 0.2) is 18.2 Å². The van der Waals surface area contributed by atoms with E-state index >= 15 is 0 Å². The Balaban J connectivity index is 0.00000384. The Morgan fingerprint density at radius 2 is 1.79 bits per heavy atom. The molecular formula is C34H52O9. The average molecular weight is 605 g/mol. The number of hydrogen-bond acceptors (Lipinski definition) is 9. The lowest BCUT2D eigenvalue weighted by Gasteiger charge is -2.59. The number of ketones is 1. The smallest absolute Gasteiger partial charge is 0.303 e. The van der Waals surface area contributed by atoms with Crippen molar-refractivity contribution in [2.45, 2.75) is 136 Å². The van der Waals surface area contributed by atoms with Crippen LogP contribution in [0.2, 0.25) is 0 Å². The van der Waals surface area contributed by atoms with E-state index in [4.69, 9.17) is 18.9 Å². The molecule has 8 unspecified atom stereocenters. The van der Waals surface area contributed by atoms with Gasteiger partial charge >= 0.3 is 5.97 Å². The molecule has 9 heteroatoms. The molecule has 242 valence electrons. The Hall–Kier alpha value is -1.68. The van der Waals surface area contributed by atoms with E-state index in [1.54, 1.807) is 13.8 Å². The van der Waals surface area contributed by atoms with E-state index in [2.05, 4.69) is 20.8 Å². The summed E-state index contributed by atoms with van der Waals surface area (Å²) in [4.78, 5) is 48.7. The van der Waals surface area contributed by atoms with Crippen molar-refractivity contribution in [2.75, 3.05) is 6.61 Å². The van der Waals surface area contributed by atoms with Crippen molar-refractivity contribution in [3.63, 3.8) is 0 Å². The second-order valence-corrected chi connectivity index (χ2v) is 16.1. The summed E-state index contributed by atoms with van der Waals surface area (Å²) in [7, 11) is 0. The number of fused-ring (bicyclic) bond motifs is 4. The van der Waals surface area contributed by atoms with Gasteiger partial charge in [-0.1, -0.05) is 20.8 Å². The summed E-state index contributed by atoms with van der Waals surface area (Å²) in [6, 6.07) is 0. The Kier molecular flexibility index (Phi) is 7.59. The van der Waals surface area contributed by atoms with Crippen LogP contribution in [-0.2, 0) is 38.1 Å². The van der Waals surface area contributed by atoms with Gasteiger partial charge in [0, 0.05) is 14.3 Å². The number of aliphatic hydroxyl groups is 1. The Bertz CT molecular complexity index is 1170. The van der Waals surface area contributed by atoms with Gasteiger partial charge in [-0.05, 0) is 111 Å². The molecule has 0 aromatic rings. The molecule has 9 nitrogen and oxygen atoms in total. The van der Waals surface area contributed by atoms with Crippen molar-refractivity contribution in [1.82, 2.24) is 0 Å². The number of carbonyl (C=O) groups excluding carboxylic acids is 4. The van der Waals surface area contributed by atoms with Crippen LogP contribution in [0.5, 0.6) is 0 Å². The minimum atomic E-state index is -1.29. The van der Waals surface area contributed by atoms with Gasteiger partial charge in [0.1, 0.15) is 19.0 Å². The molecule has 1 saturated heterocycles. The quantitative estimate of drug-likeness (QED) is 0.231. The highest BCUT2D eigenvalue weighted by atomic mass is 16.7. The average Bonchev–Trinajstić information content (AvgIpc) is 3.55. The molecule has 12 atom stereocenters. The summed E-state index contributed by atoms with van der Waals surface area (Å²) in [5.74, 6) is 0.598. The van der Waals surface area contributed by atoms with Gasteiger partial charge in [-0.25, -0.2) is 0 Å². The van der Waals surface area contributed by atoms with Crippen LogP contribution in [0.25, 0.3) is 0 Å². The number of aldehydes is 2. The van der Waals surface area contributed by atoms with Crippen LogP contribution in [0, 0.1) is 45.3 Å². The molecule has 0 aromatic heterocycles. The maximum atomic E-state index is 14.4. The molecule has 0 amide bonds. The summed E-state index contributed by atoms with van der Waals surface area (Å²) >= 11 is 0. The van der Waals surface area contributed by atoms with Crippen molar-refractivity contribution in [2.24, 2.45) is 45.3 Å². The van der Waals surface area contributed by atoms with E-state index < -0.39 is 36.2 Å². The summed E-state index contributed by atoms with van der Waals surface area (Å²) in [5.41, 5.74) is -1.25. The standard InChI is InChI=1S/C34H50O9.H2/c1-19(37)41-29(31(4,5)39)22-9-7-21-28(42-22)27(38)26-20-8-10-23-30(2,3)24(43-25(17-36)40-16-15-35)11-12-34(23)18-33(20,34)14-13-32(21,26)6;/h15,17,20-26,28-29,39H,7-14,16,18H2,1-6H3;1H/t20?,21?,22?,23?,24-,25?,26?,28?,29-,32+,33?,34+;/m0./s1. The van der Waals surface area contributed by atoms with E-state index in [9.17, 15) is 24.3 Å². The molecule has 2 spiro atoms. The summed E-state index contributed by atoms with van der Waals surface area (Å²) in [6.45, 7) is 11.3. The number of rotatable bonds is 9. The van der Waals surface area contributed by atoms with E-state index in [1.807, 2.05) is 0 Å². The van der Waals surface area contributed by atoms with E-state index in [0.29, 0.717) is 30.8 Å². The number of hydrogen-bond donors (Lipinski definition) is 1. The predicted octanol–water partition coefficient (Wildman–Crippen LogP) is 4.45. The predicted molar refractivity (Wildman–Crippen MR) is 157 cm³/mol. The fraction of sp³-hybridized carbons (Fsp3) is 0.882. The van der Waals surface area contributed by atoms with Gasteiger partial charge in [-0.15, -0.1) is 0 Å². The maximum absolute atomic E-state index is 14.4. The highest BCUT2D eigenvalue weighted by Gasteiger charge is 2.82. The molecule has 1 N–H and O–H groups in total. The molecule has 1 heterocycles. The SMILES string of the molecule is CC(=O)O[C@@H](C1CCC2C(O1)C(=O)C1C3CCC4C(C)(C)[C@@H](OC(C=O)OCC=O)CC[C@@]45CC35CC[C@]21C)C(C)(C)O.[HH]. The zero-order valence-electron chi connectivity index (χ0n) is 26.6. The summed E-state index contributed by atoms with van der Waals surface area (Å²) in [5, 5.41) is 10.8. The third-order valence-corrected chi connectivity index (χ3v) is 13.4. The van der Waals surface area contributed by atoms with Crippen LogP contribution < -0.4 is 0 Å². The molecule has 0 bridgehead atoms. The fourth-order valence-corrected chi connectivity index (χ4v) is 11.7. The Morgan fingerprint density at radius 3 is 2.44 bits per heavy atom. The highest BCUT2D eigenvalue weighted by Crippen LogP contribution is 2.87. The van der Waals surface area contributed by atoms with Gasteiger partial charge in [0.2, 0.25) is 6.29 Å². The van der Waals surface area contributed by atoms with Crippen LogP contribution in [0.4, 0.5) is 0 Å². The van der Waals surface area contributed by atoms with E-state index in [-0.39, 0.29) is 53.4 Å². The molecule has 5 aliphatic carbocycles. The van der Waals surface area contributed by atoms with Crippen molar-refractivity contribution in [1.29, 1.82) is 0 Å². The van der Waals surface area contributed by atoms with E-state index in [0.717, 1.165) is 51.4 Å². The molecule has 1 aliphatic heterocycles. The van der Waals surface area contributed by atoms with Crippen LogP contribution >= 0.6 is 0 Å². The first kappa shape index (κ1) is 31.3. The maximum Gasteiger partial charge on any atom is 0.303 e. The number of esters is 1. The molecule has 6 fully saturated rings. The normalized spacial score (nSPS) is 45.7. The monoisotopic (exact) mass is 604 g/mol. The molecule has 43 heavy (non-hydrogen) atoms. The van der Waals surface area contributed by atoms with E-state index in [1.165, 1.54) is 6.92 Å². The lowest BCUT2D eigenvalue weighted by molar-refractivity contribution is -0.216. The first-order valence-corrected chi connectivity index (χ1v) is 16.4. The fourth-order valence-electron chi connectivity index (χ4n) is 11.7. The van der Waals surface area contributed by atoms with Crippen molar-refractivity contribution < 1.29 is 44.7 Å². The van der Waals surface area contributed by atoms with Gasteiger partial charge < -0.3 is 28.8 Å². The molecule has 0 aromatic carbocycles. The van der Waals surface area contributed by atoms with Crippen LogP contribution in [0.3, 0.4) is 0 Å². The summed E-state index contributed by atoms with van der Waals surface area (Å²) in [6.07, 6.45) is 6.83. The van der Waals surface area contributed by atoms with Crippen molar-refractivity contribution in [3.8, 4) is 0 Å². The minimum absolute atomic E-state index is 0. The largest absolute Gasteiger partial charge is 0.457 e. The number of ether oxygens (including phenoxy) is 4. The zero-order valence-corrected chi connectivity index (χ0v) is 26.6. The first-order valence-electron chi connectivity index (χ1n) is 16.4. The van der Waals surface area contributed by atoms with Crippen molar-refractivity contribution >= 4 is 24.3 Å². The Labute approximate surface area is 256 Å². The number of carbonyl (C=O) groups is 4. The lowest BCUT2D eigenvalue weighted by Crippen LogP contribution is -2.56. The highest BCUT2D eigenvalue weighted by molar-refractivity contribution is 5.90. The van der Waals surface area contributed by atoms with Crippen LogP contribution in [-0.4, -0.2) is 72.3 Å². The van der Waals surface area contributed by atoms with Gasteiger partial charge in [-0.2, -0.15) is 0 Å². The van der Waals surface area contributed by atoms with Gasteiger partial charge in [0.25, 0.3) is 0 Å². The minimum Gasteiger partial charge on any atom is -0.457 e. The molecule has 5 saturated carbocycles. The molecular weight excluding hydrogens is 552 g/mol. The summed E-state index contributed by atoms with van der Waals surface area (Å²) < 4.78 is 23.6. The molecule has 0 radical (unpaired) electrons. The van der Waals surface area contributed by atoms with Crippen LogP contribution in [0.1, 0.15) is 101 Å². The third kappa shape index (κ3) is 4.53. The first-order chi connectivity index (χ1) is 20.2. The van der Waals surface area contributed by atoms with Crippen LogP contribution in [0.15, 0.2) is 0 Å². The second-order valence-electron chi connectivity index (χ2n) is 16.1. The second kappa shape index (κ2) is 10.4. The Morgan fingerprint density at radius 1 is 1.07 bits per heavy atom. The molecule has 6 rings (SSSR count). The lowest BCUT2D eigenvalue weighted by atomic mass is 9.46. The number of Topliss-reactive ketones (excluding diaryl/α,β-unsaturated/α-hetero) is 1.